The summed E-state index contributed by atoms with van der Waals surface area (Å²) in [4.78, 5) is 7.80. The molecule has 0 aliphatic heterocycles. The second kappa shape index (κ2) is 4.42. The number of halogens is 1. The molecule has 1 heterocycles. The van der Waals surface area contributed by atoms with E-state index < -0.39 is 10.2 Å². The highest BCUT2D eigenvalue weighted by Crippen LogP contribution is 2.14. The van der Waals surface area contributed by atoms with Gasteiger partial charge in [0.05, 0.1) is 10.2 Å². The first-order valence-corrected chi connectivity index (χ1v) is 6.25. The largest absolute Gasteiger partial charge is 0.303 e. The summed E-state index contributed by atoms with van der Waals surface area (Å²) in [5, 5.41) is 0. The van der Waals surface area contributed by atoms with E-state index in [0.29, 0.717) is 5.69 Å². The molecule has 1 rings (SSSR count). The molecule has 0 aliphatic carbocycles. The first-order chi connectivity index (χ1) is 6.83. The Morgan fingerprint density at radius 1 is 1.47 bits per heavy atom. The molecule has 0 aliphatic rings. The van der Waals surface area contributed by atoms with Gasteiger partial charge in [-0.2, -0.15) is 12.7 Å². The van der Waals surface area contributed by atoms with E-state index in [2.05, 4.69) is 30.6 Å². The zero-order chi connectivity index (χ0) is 11.6. The SMILES string of the molecule is Cc1nc(NS(=O)(=O)N(C)C)ncc1Br. The van der Waals surface area contributed by atoms with Gasteiger partial charge >= 0.3 is 10.2 Å². The van der Waals surface area contributed by atoms with Crippen LogP contribution in [-0.2, 0) is 10.2 Å². The Morgan fingerprint density at radius 2 is 2.07 bits per heavy atom. The summed E-state index contributed by atoms with van der Waals surface area (Å²) in [5.74, 6) is 0.0596. The van der Waals surface area contributed by atoms with Gasteiger partial charge in [-0.05, 0) is 22.9 Å². The standard InChI is InChI=1S/C7H11BrN4O2S/c1-5-6(8)4-9-7(10-5)11-15(13,14)12(2)3/h4H,1-3H3,(H,9,10,11). The van der Waals surface area contributed by atoms with Crippen molar-refractivity contribution < 1.29 is 8.42 Å². The molecule has 0 fully saturated rings. The third kappa shape index (κ3) is 3.11. The van der Waals surface area contributed by atoms with Crippen molar-refractivity contribution >= 4 is 32.1 Å². The van der Waals surface area contributed by atoms with Crippen LogP contribution in [0.25, 0.3) is 0 Å². The van der Waals surface area contributed by atoms with Crippen LogP contribution in [0.5, 0.6) is 0 Å². The van der Waals surface area contributed by atoms with Crippen LogP contribution in [0.3, 0.4) is 0 Å². The first-order valence-electron chi connectivity index (χ1n) is 4.02. The van der Waals surface area contributed by atoms with Gasteiger partial charge in [-0.25, -0.2) is 14.7 Å². The molecule has 8 heteroatoms. The maximum Gasteiger partial charge on any atom is 0.303 e. The van der Waals surface area contributed by atoms with Gasteiger partial charge in [0.2, 0.25) is 5.95 Å². The fourth-order valence-electron chi connectivity index (χ4n) is 0.708. The number of nitrogens with zero attached hydrogens (tertiary/aromatic N) is 3. The van der Waals surface area contributed by atoms with Crippen LogP contribution in [0.4, 0.5) is 5.95 Å². The molecule has 1 aromatic heterocycles. The molecule has 15 heavy (non-hydrogen) atoms. The lowest BCUT2D eigenvalue weighted by Crippen LogP contribution is -2.29. The molecule has 0 unspecified atom stereocenters. The summed E-state index contributed by atoms with van der Waals surface area (Å²) in [6, 6.07) is 0. The van der Waals surface area contributed by atoms with Crippen molar-refractivity contribution in [3.8, 4) is 0 Å². The van der Waals surface area contributed by atoms with Crippen LogP contribution in [0.2, 0.25) is 0 Å². The van der Waals surface area contributed by atoms with Gasteiger partial charge in [-0.15, -0.1) is 0 Å². The molecule has 1 aromatic rings. The highest BCUT2D eigenvalue weighted by Gasteiger charge is 2.14. The molecule has 0 atom stereocenters. The molecular weight excluding hydrogens is 284 g/mol. The Hall–Kier alpha value is -0.730. The molecular formula is C7H11BrN4O2S. The van der Waals surface area contributed by atoms with Crippen LogP contribution >= 0.6 is 15.9 Å². The van der Waals surface area contributed by atoms with Crippen molar-refractivity contribution in [1.82, 2.24) is 14.3 Å². The minimum Gasteiger partial charge on any atom is -0.238 e. The van der Waals surface area contributed by atoms with E-state index in [4.69, 9.17) is 0 Å². The van der Waals surface area contributed by atoms with E-state index in [0.717, 1.165) is 8.78 Å². The average Bonchev–Trinajstić information content (AvgIpc) is 2.10. The number of nitrogens with one attached hydrogen (secondary N) is 1. The lowest BCUT2D eigenvalue weighted by Gasteiger charge is -2.12. The van der Waals surface area contributed by atoms with Crippen LogP contribution < -0.4 is 4.72 Å². The van der Waals surface area contributed by atoms with Crippen molar-refractivity contribution in [2.24, 2.45) is 0 Å². The summed E-state index contributed by atoms with van der Waals surface area (Å²) in [6.07, 6.45) is 1.50. The van der Waals surface area contributed by atoms with Gasteiger partial charge in [0, 0.05) is 20.3 Å². The lowest BCUT2D eigenvalue weighted by atomic mass is 10.5. The highest BCUT2D eigenvalue weighted by atomic mass is 79.9. The number of hydrogen-bond acceptors (Lipinski definition) is 4. The summed E-state index contributed by atoms with van der Waals surface area (Å²) in [5.41, 5.74) is 0.668. The van der Waals surface area contributed by atoms with Gasteiger partial charge in [-0.1, -0.05) is 0 Å². The number of anilines is 1. The number of hydrogen-bond donors (Lipinski definition) is 1. The van der Waals surface area contributed by atoms with Crippen LogP contribution in [-0.4, -0.2) is 36.8 Å². The first kappa shape index (κ1) is 12.3. The van der Waals surface area contributed by atoms with Gasteiger partial charge in [0.15, 0.2) is 0 Å². The smallest absolute Gasteiger partial charge is 0.238 e. The molecule has 0 radical (unpaired) electrons. The van der Waals surface area contributed by atoms with Crippen molar-refractivity contribution in [3.05, 3.63) is 16.4 Å². The van der Waals surface area contributed by atoms with Gasteiger partial charge in [0.25, 0.3) is 0 Å². The quantitative estimate of drug-likeness (QED) is 0.893. The number of aromatic nitrogens is 2. The highest BCUT2D eigenvalue weighted by molar-refractivity contribution is 9.10. The lowest BCUT2D eigenvalue weighted by molar-refractivity contribution is 0.526. The molecule has 0 saturated carbocycles. The second-order valence-electron chi connectivity index (χ2n) is 3.02. The monoisotopic (exact) mass is 294 g/mol. The summed E-state index contributed by atoms with van der Waals surface area (Å²) in [7, 11) is -0.689. The zero-order valence-electron chi connectivity index (χ0n) is 8.52. The van der Waals surface area contributed by atoms with Crippen LogP contribution in [0, 0.1) is 6.92 Å². The van der Waals surface area contributed by atoms with E-state index in [-0.39, 0.29) is 5.95 Å². The summed E-state index contributed by atoms with van der Waals surface area (Å²) >= 11 is 3.23. The topological polar surface area (TPSA) is 75.2 Å². The fraction of sp³-hybridized carbons (Fsp3) is 0.429. The van der Waals surface area contributed by atoms with E-state index in [1.165, 1.54) is 20.3 Å². The van der Waals surface area contributed by atoms with Crippen molar-refractivity contribution in [3.63, 3.8) is 0 Å². The van der Waals surface area contributed by atoms with Gasteiger partial charge in [-0.3, -0.25) is 0 Å². The molecule has 1 N–H and O–H groups in total. The second-order valence-corrected chi connectivity index (χ2v) is 5.76. The molecule has 0 aromatic carbocycles. The van der Waals surface area contributed by atoms with E-state index in [1.807, 2.05) is 0 Å². The fourth-order valence-corrected chi connectivity index (χ4v) is 1.41. The van der Waals surface area contributed by atoms with E-state index in [9.17, 15) is 8.42 Å². The molecule has 0 saturated heterocycles. The van der Waals surface area contributed by atoms with Gasteiger partial charge in [0.1, 0.15) is 0 Å². The van der Waals surface area contributed by atoms with Gasteiger partial charge < -0.3 is 0 Å². The Kier molecular flexibility index (Phi) is 3.63. The summed E-state index contributed by atoms with van der Waals surface area (Å²) < 4.78 is 26.9. The molecule has 6 nitrogen and oxygen atoms in total. The Labute approximate surface area is 97.0 Å². The van der Waals surface area contributed by atoms with Crippen molar-refractivity contribution in [1.29, 1.82) is 0 Å². The van der Waals surface area contributed by atoms with E-state index in [1.54, 1.807) is 6.92 Å². The number of aryl methyl sites for hydroxylation is 1. The Balaban J connectivity index is 2.96. The minimum atomic E-state index is -3.54. The third-order valence-corrected chi connectivity index (χ3v) is 3.80. The van der Waals surface area contributed by atoms with Crippen LogP contribution in [0.1, 0.15) is 5.69 Å². The normalized spacial score (nSPS) is 11.8. The molecule has 0 bridgehead atoms. The van der Waals surface area contributed by atoms with E-state index >= 15 is 0 Å². The maximum absolute atomic E-state index is 11.4. The van der Waals surface area contributed by atoms with Crippen molar-refractivity contribution in [2.45, 2.75) is 6.92 Å². The predicted molar refractivity (Wildman–Crippen MR) is 60.7 cm³/mol. The average molecular weight is 295 g/mol. The van der Waals surface area contributed by atoms with Crippen LogP contribution in [0.15, 0.2) is 10.7 Å². The number of rotatable bonds is 3. The Bertz CT molecular complexity index is 460. The Morgan fingerprint density at radius 3 is 2.53 bits per heavy atom. The molecule has 0 amide bonds. The van der Waals surface area contributed by atoms with Crippen molar-refractivity contribution in [2.75, 3.05) is 18.8 Å². The zero-order valence-corrected chi connectivity index (χ0v) is 10.9. The minimum absolute atomic E-state index is 0.0596. The summed E-state index contributed by atoms with van der Waals surface area (Å²) in [6.45, 7) is 1.75. The third-order valence-electron chi connectivity index (χ3n) is 1.62. The predicted octanol–water partition coefficient (Wildman–Crippen LogP) is 0.766. The maximum atomic E-state index is 11.4. The molecule has 84 valence electrons. The molecule has 0 spiro atoms.